The topological polar surface area (TPSA) is 56.7 Å². The van der Waals surface area contributed by atoms with E-state index >= 15 is 0 Å². The number of rotatable bonds is 7. The summed E-state index contributed by atoms with van der Waals surface area (Å²) in [6.07, 6.45) is 4.47. The molecule has 132 valence electrons. The fraction of sp³-hybridized carbons (Fsp3) is 0.167. The Morgan fingerprint density at radius 3 is 3.04 bits per heavy atom. The van der Waals surface area contributed by atoms with Crippen LogP contribution >= 0.6 is 34.7 Å². The lowest BCUT2D eigenvalue weighted by atomic mass is 10.2. The van der Waals surface area contributed by atoms with Crippen molar-refractivity contribution in [3.05, 3.63) is 70.1 Å². The van der Waals surface area contributed by atoms with E-state index in [0.717, 1.165) is 23.7 Å². The number of hydrogen-bond acceptors (Lipinski definition) is 6. The summed E-state index contributed by atoms with van der Waals surface area (Å²) >= 11 is 9.36. The highest BCUT2D eigenvalue weighted by molar-refractivity contribution is 7.98. The molecule has 3 heterocycles. The molecule has 26 heavy (non-hydrogen) atoms. The second-order valence-corrected chi connectivity index (χ2v) is 7.96. The van der Waals surface area contributed by atoms with E-state index in [4.69, 9.17) is 16.0 Å². The normalized spacial score (nSPS) is 11.1. The summed E-state index contributed by atoms with van der Waals surface area (Å²) in [6, 6.07) is 11.8. The summed E-state index contributed by atoms with van der Waals surface area (Å²) in [6.45, 7) is 0.856. The van der Waals surface area contributed by atoms with E-state index in [9.17, 15) is 0 Å². The number of aromatic nitrogens is 4. The molecule has 0 saturated heterocycles. The van der Waals surface area contributed by atoms with Crippen molar-refractivity contribution in [1.82, 2.24) is 19.7 Å². The van der Waals surface area contributed by atoms with Gasteiger partial charge in [0.2, 0.25) is 5.89 Å². The van der Waals surface area contributed by atoms with Crippen molar-refractivity contribution in [3.63, 3.8) is 0 Å². The summed E-state index contributed by atoms with van der Waals surface area (Å²) in [5, 5.41) is 11.9. The minimum atomic E-state index is 0.595. The van der Waals surface area contributed by atoms with Crippen molar-refractivity contribution in [2.24, 2.45) is 0 Å². The molecule has 8 heteroatoms. The molecule has 0 amide bonds. The Bertz CT molecular complexity index is 981. The van der Waals surface area contributed by atoms with Crippen LogP contribution in [-0.2, 0) is 18.7 Å². The molecule has 3 aromatic heterocycles. The summed E-state index contributed by atoms with van der Waals surface area (Å²) in [4.78, 5) is 5.71. The minimum Gasteiger partial charge on any atom is -0.440 e. The van der Waals surface area contributed by atoms with Crippen LogP contribution < -0.4 is 0 Å². The summed E-state index contributed by atoms with van der Waals surface area (Å²) in [5.41, 5.74) is 0.917. The van der Waals surface area contributed by atoms with Gasteiger partial charge in [-0.1, -0.05) is 41.6 Å². The molecule has 4 rings (SSSR count). The minimum absolute atomic E-state index is 0.595. The van der Waals surface area contributed by atoms with Crippen LogP contribution in [0.2, 0.25) is 5.02 Å². The molecule has 5 nitrogen and oxygen atoms in total. The van der Waals surface area contributed by atoms with E-state index in [-0.39, 0.29) is 0 Å². The molecular formula is C18H15ClN4OS2. The zero-order chi connectivity index (χ0) is 17.8. The molecular weight excluding hydrogens is 388 g/mol. The van der Waals surface area contributed by atoms with Crippen molar-refractivity contribution in [3.8, 4) is 11.3 Å². The maximum Gasteiger partial charge on any atom is 0.205 e. The third kappa shape index (κ3) is 4.17. The average Bonchev–Trinajstić information content (AvgIpc) is 3.39. The Morgan fingerprint density at radius 2 is 2.19 bits per heavy atom. The van der Waals surface area contributed by atoms with Crippen LogP contribution in [0.5, 0.6) is 0 Å². The average molecular weight is 403 g/mol. The van der Waals surface area contributed by atoms with Crippen molar-refractivity contribution in [2.45, 2.75) is 23.9 Å². The molecule has 0 aliphatic heterocycles. The molecule has 0 spiro atoms. The summed E-state index contributed by atoms with van der Waals surface area (Å²) in [7, 11) is 0. The number of benzene rings is 1. The lowest BCUT2D eigenvalue weighted by molar-refractivity contribution is 0.529. The van der Waals surface area contributed by atoms with Gasteiger partial charge in [-0.3, -0.25) is 0 Å². The zero-order valence-corrected chi connectivity index (χ0v) is 16.1. The summed E-state index contributed by atoms with van der Waals surface area (Å²) in [5.74, 6) is 1.96. The highest BCUT2D eigenvalue weighted by Gasteiger charge is 2.11. The third-order valence-corrected chi connectivity index (χ3v) is 5.88. The van der Waals surface area contributed by atoms with Crippen LogP contribution in [0.4, 0.5) is 0 Å². The molecule has 0 aliphatic rings. The first-order valence-electron chi connectivity index (χ1n) is 8.01. The predicted molar refractivity (Wildman–Crippen MR) is 105 cm³/mol. The molecule has 1 aromatic carbocycles. The lowest BCUT2D eigenvalue weighted by Crippen LogP contribution is -2.01. The van der Waals surface area contributed by atoms with Crippen LogP contribution in [0.25, 0.3) is 11.3 Å². The molecule has 0 bridgehead atoms. The highest BCUT2D eigenvalue weighted by atomic mass is 35.5. The Kier molecular flexibility index (Phi) is 5.38. The molecule has 0 saturated carbocycles. The van der Waals surface area contributed by atoms with Gasteiger partial charge in [-0.2, -0.15) is 0 Å². The van der Waals surface area contributed by atoms with Gasteiger partial charge in [0, 0.05) is 22.0 Å². The number of oxazole rings is 1. The molecule has 0 unspecified atom stereocenters. The standard InChI is InChI=1S/C18H15ClN4OS2/c19-14-4-1-3-13(9-14)16-10-20-17(24-16)11-26-18-22-21-12-23(18)7-6-15-5-2-8-25-15/h1-5,8-10,12H,6-7,11H2. The van der Waals surface area contributed by atoms with Crippen LogP contribution in [0, 0.1) is 0 Å². The van der Waals surface area contributed by atoms with Crippen LogP contribution in [0.15, 0.2) is 63.9 Å². The third-order valence-electron chi connectivity index (χ3n) is 3.75. The van der Waals surface area contributed by atoms with Gasteiger partial charge in [-0.05, 0) is 30.0 Å². The first-order chi connectivity index (χ1) is 12.8. The lowest BCUT2D eigenvalue weighted by Gasteiger charge is -2.04. The van der Waals surface area contributed by atoms with Crippen molar-refractivity contribution in [1.29, 1.82) is 0 Å². The number of hydrogen-bond donors (Lipinski definition) is 0. The Morgan fingerprint density at radius 1 is 1.23 bits per heavy atom. The first-order valence-corrected chi connectivity index (χ1v) is 10.3. The highest BCUT2D eigenvalue weighted by Crippen LogP contribution is 2.26. The predicted octanol–water partition coefficient (Wildman–Crippen LogP) is 5.18. The fourth-order valence-electron chi connectivity index (χ4n) is 2.47. The Labute approximate surface area is 164 Å². The van der Waals surface area contributed by atoms with Gasteiger partial charge in [0.05, 0.1) is 11.9 Å². The molecule has 4 aromatic rings. The van der Waals surface area contributed by atoms with Gasteiger partial charge in [0.1, 0.15) is 6.33 Å². The number of halogens is 1. The molecule has 0 fully saturated rings. The SMILES string of the molecule is Clc1cccc(-c2cnc(CSc3nncn3CCc3cccs3)o2)c1. The number of thiophene rings is 1. The molecule has 0 radical (unpaired) electrons. The first kappa shape index (κ1) is 17.3. The van der Waals surface area contributed by atoms with E-state index in [0.29, 0.717) is 22.4 Å². The molecule has 0 aliphatic carbocycles. The summed E-state index contributed by atoms with van der Waals surface area (Å²) < 4.78 is 7.90. The van der Waals surface area contributed by atoms with Crippen molar-refractivity contribution >= 4 is 34.7 Å². The van der Waals surface area contributed by atoms with Crippen molar-refractivity contribution in [2.75, 3.05) is 0 Å². The van der Waals surface area contributed by atoms with Gasteiger partial charge < -0.3 is 8.98 Å². The number of thioether (sulfide) groups is 1. The van der Waals surface area contributed by atoms with Gasteiger partial charge in [-0.25, -0.2) is 4.98 Å². The fourth-order valence-corrected chi connectivity index (χ4v) is 4.16. The zero-order valence-electron chi connectivity index (χ0n) is 13.7. The number of aryl methyl sites for hydroxylation is 2. The van der Waals surface area contributed by atoms with E-state index in [1.54, 1.807) is 35.6 Å². The van der Waals surface area contributed by atoms with Crippen molar-refractivity contribution < 1.29 is 4.42 Å². The maximum atomic E-state index is 6.03. The molecule has 0 atom stereocenters. The van der Waals surface area contributed by atoms with E-state index in [2.05, 4.69) is 37.3 Å². The molecule has 0 N–H and O–H groups in total. The monoisotopic (exact) mass is 402 g/mol. The van der Waals surface area contributed by atoms with Gasteiger partial charge >= 0.3 is 0 Å². The van der Waals surface area contributed by atoms with Crippen LogP contribution in [0.1, 0.15) is 10.8 Å². The van der Waals surface area contributed by atoms with Crippen LogP contribution in [-0.4, -0.2) is 19.7 Å². The largest absolute Gasteiger partial charge is 0.440 e. The van der Waals surface area contributed by atoms with E-state index in [1.807, 2.05) is 24.3 Å². The second kappa shape index (κ2) is 8.07. The van der Waals surface area contributed by atoms with E-state index in [1.165, 1.54) is 4.88 Å². The quantitative estimate of drug-likeness (QED) is 0.398. The maximum absolute atomic E-state index is 6.03. The Balaban J connectivity index is 1.38. The van der Waals surface area contributed by atoms with Gasteiger partial charge in [0.25, 0.3) is 0 Å². The van der Waals surface area contributed by atoms with Crippen LogP contribution in [0.3, 0.4) is 0 Å². The second-order valence-electron chi connectivity index (χ2n) is 5.55. The van der Waals surface area contributed by atoms with E-state index < -0.39 is 0 Å². The smallest absolute Gasteiger partial charge is 0.205 e. The Hall–Kier alpha value is -2.09. The van der Waals surface area contributed by atoms with Gasteiger partial charge in [0.15, 0.2) is 10.9 Å². The van der Waals surface area contributed by atoms with Gasteiger partial charge in [-0.15, -0.1) is 21.5 Å². The number of nitrogens with zero attached hydrogens (tertiary/aromatic N) is 4.